The zero-order valence-electron chi connectivity index (χ0n) is 8.66. The van der Waals surface area contributed by atoms with Gasteiger partial charge in [0.25, 0.3) is 0 Å². The quantitative estimate of drug-likeness (QED) is 0.733. The maximum atomic E-state index is 5.88. The van der Waals surface area contributed by atoms with Crippen LogP contribution >= 0.6 is 0 Å². The number of nitrogens with two attached hydrogens (primary N) is 1. The normalized spacial score (nSPS) is 17.2. The molecule has 0 saturated heterocycles. The third-order valence-corrected chi connectivity index (χ3v) is 2.60. The highest BCUT2D eigenvalue weighted by atomic mass is 16.5. The number of ether oxygens (including phenoxy) is 1. The number of para-hydroxylation sites is 1. The molecule has 1 aromatic rings. The summed E-state index contributed by atoms with van der Waals surface area (Å²) in [5, 5.41) is 0. The summed E-state index contributed by atoms with van der Waals surface area (Å²) in [5.41, 5.74) is 8.12. The van der Waals surface area contributed by atoms with E-state index in [1.807, 2.05) is 19.1 Å². The molecule has 1 unspecified atom stereocenters. The lowest BCUT2D eigenvalue weighted by atomic mass is 10.1. The molecule has 0 bridgehead atoms. The molecule has 0 saturated carbocycles. The molecule has 1 aliphatic heterocycles. The Labute approximate surface area is 84.5 Å². The Morgan fingerprint density at radius 2 is 2.29 bits per heavy atom. The van der Waals surface area contributed by atoms with Crippen molar-refractivity contribution in [1.29, 1.82) is 0 Å². The van der Waals surface area contributed by atoms with Gasteiger partial charge in [-0.3, -0.25) is 0 Å². The molecule has 1 aromatic carbocycles. The largest absolute Gasteiger partial charge is 0.489 e. The first-order valence-corrected chi connectivity index (χ1v) is 4.92. The molecule has 1 atom stereocenters. The highest BCUT2D eigenvalue weighted by molar-refractivity contribution is 5.63. The number of anilines is 1. The summed E-state index contributed by atoms with van der Waals surface area (Å²) >= 11 is 0. The van der Waals surface area contributed by atoms with Gasteiger partial charge in [-0.1, -0.05) is 12.1 Å². The molecule has 3 heteroatoms. The van der Waals surface area contributed by atoms with Gasteiger partial charge in [0.2, 0.25) is 0 Å². The summed E-state index contributed by atoms with van der Waals surface area (Å²) in [5.74, 6) is 0.955. The predicted molar refractivity (Wildman–Crippen MR) is 57.8 cm³/mol. The van der Waals surface area contributed by atoms with Crippen molar-refractivity contribution in [2.45, 2.75) is 13.0 Å². The molecule has 0 aliphatic carbocycles. The van der Waals surface area contributed by atoms with E-state index in [0.29, 0.717) is 0 Å². The van der Waals surface area contributed by atoms with Crippen molar-refractivity contribution in [3.05, 3.63) is 23.8 Å². The zero-order chi connectivity index (χ0) is 10.1. The van der Waals surface area contributed by atoms with Crippen LogP contribution in [0.1, 0.15) is 18.5 Å². The minimum atomic E-state index is 0.0245. The predicted octanol–water partition coefficient (Wildman–Crippen LogP) is 1.53. The Kier molecular flexibility index (Phi) is 2.33. The standard InChI is InChI=1S/C11H16N2O/c1-8(12)9-4-3-5-10-11(9)14-7-6-13(10)2/h3-5,8H,6-7,12H2,1-2H3. The molecule has 1 heterocycles. The Morgan fingerprint density at radius 3 is 3.00 bits per heavy atom. The van der Waals surface area contributed by atoms with Crippen LogP contribution in [0.15, 0.2) is 18.2 Å². The number of hydrogen-bond donors (Lipinski definition) is 1. The fourth-order valence-corrected chi connectivity index (χ4v) is 1.76. The monoisotopic (exact) mass is 192 g/mol. The molecule has 3 nitrogen and oxygen atoms in total. The van der Waals surface area contributed by atoms with Gasteiger partial charge in [0, 0.05) is 18.7 Å². The van der Waals surface area contributed by atoms with Gasteiger partial charge in [-0.2, -0.15) is 0 Å². The van der Waals surface area contributed by atoms with Crippen LogP contribution in [0, 0.1) is 0 Å². The van der Waals surface area contributed by atoms with Gasteiger partial charge >= 0.3 is 0 Å². The second-order valence-corrected chi connectivity index (χ2v) is 3.75. The first-order valence-electron chi connectivity index (χ1n) is 4.92. The molecular weight excluding hydrogens is 176 g/mol. The van der Waals surface area contributed by atoms with Crippen molar-refractivity contribution in [3.8, 4) is 5.75 Å². The lowest BCUT2D eigenvalue weighted by Crippen LogP contribution is -2.29. The molecule has 0 amide bonds. The van der Waals surface area contributed by atoms with Crippen molar-refractivity contribution < 1.29 is 4.74 Å². The maximum Gasteiger partial charge on any atom is 0.147 e. The van der Waals surface area contributed by atoms with E-state index in [9.17, 15) is 0 Å². The van der Waals surface area contributed by atoms with Crippen LogP contribution in [-0.2, 0) is 0 Å². The number of benzene rings is 1. The minimum absolute atomic E-state index is 0.0245. The van der Waals surface area contributed by atoms with Crippen LogP contribution in [0.2, 0.25) is 0 Å². The molecule has 0 spiro atoms. The number of likely N-dealkylation sites (N-methyl/N-ethyl adjacent to an activating group) is 1. The fraction of sp³-hybridized carbons (Fsp3) is 0.455. The SMILES string of the molecule is CC(N)c1cccc2c1OCCN2C. The smallest absolute Gasteiger partial charge is 0.147 e. The summed E-state index contributed by atoms with van der Waals surface area (Å²) in [6.07, 6.45) is 0. The van der Waals surface area contributed by atoms with Crippen molar-refractivity contribution in [3.63, 3.8) is 0 Å². The highest BCUT2D eigenvalue weighted by Crippen LogP contribution is 2.36. The first kappa shape index (κ1) is 9.34. The van der Waals surface area contributed by atoms with E-state index in [2.05, 4.69) is 18.0 Å². The highest BCUT2D eigenvalue weighted by Gasteiger charge is 2.19. The molecule has 0 fully saturated rings. The van der Waals surface area contributed by atoms with Crippen LogP contribution in [0.5, 0.6) is 5.75 Å². The Balaban J connectivity index is 2.49. The van der Waals surface area contributed by atoms with Crippen LogP contribution in [0.25, 0.3) is 0 Å². The molecular formula is C11H16N2O. The zero-order valence-corrected chi connectivity index (χ0v) is 8.66. The van der Waals surface area contributed by atoms with E-state index < -0.39 is 0 Å². The molecule has 76 valence electrons. The number of hydrogen-bond acceptors (Lipinski definition) is 3. The fourth-order valence-electron chi connectivity index (χ4n) is 1.76. The van der Waals surface area contributed by atoms with Gasteiger partial charge in [0.05, 0.1) is 12.2 Å². The molecule has 0 radical (unpaired) electrons. The van der Waals surface area contributed by atoms with Gasteiger partial charge in [-0.25, -0.2) is 0 Å². The third kappa shape index (κ3) is 1.44. The van der Waals surface area contributed by atoms with Gasteiger partial charge in [0.1, 0.15) is 12.4 Å². The average Bonchev–Trinajstić information content (AvgIpc) is 2.17. The van der Waals surface area contributed by atoms with Crippen LogP contribution < -0.4 is 15.4 Å². The first-order chi connectivity index (χ1) is 6.70. The van der Waals surface area contributed by atoms with Gasteiger partial charge in [-0.15, -0.1) is 0 Å². The van der Waals surface area contributed by atoms with Crippen molar-refractivity contribution in [2.24, 2.45) is 5.73 Å². The van der Waals surface area contributed by atoms with E-state index >= 15 is 0 Å². The van der Waals surface area contributed by atoms with E-state index in [1.165, 1.54) is 0 Å². The molecule has 14 heavy (non-hydrogen) atoms. The van der Waals surface area contributed by atoms with E-state index in [-0.39, 0.29) is 6.04 Å². The molecule has 2 rings (SSSR count). The van der Waals surface area contributed by atoms with E-state index in [4.69, 9.17) is 10.5 Å². The summed E-state index contributed by atoms with van der Waals surface area (Å²) in [4.78, 5) is 2.20. The van der Waals surface area contributed by atoms with Gasteiger partial charge in [0.15, 0.2) is 0 Å². The number of nitrogens with zero attached hydrogens (tertiary/aromatic N) is 1. The maximum absolute atomic E-state index is 5.88. The van der Waals surface area contributed by atoms with Crippen molar-refractivity contribution >= 4 is 5.69 Å². The molecule has 0 aromatic heterocycles. The second kappa shape index (κ2) is 3.50. The minimum Gasteiger partial charge on any atom is -0.489 e. The molecule has 2 N–H and O–H groups in total. The third-order valence-electron chi connectivity index (χ3n) is 2.60. The number of fused-ring (bicyclic) bond motifs is 1. The van der Waals surface area contributed by atoms with Crippen LogP contribution in [0.4, 0.5) is 5.69 Å². The second-order valence-electron chi connectivity index (χ2n) is 3.75. The Morgan fingerprint density at radius 1 is 1.50 bits per heavy atom. The topological polar surface area (TPSA) is 38.5 Å². The molecule has 1 aliphatic rings. The van der Waals surface area contributed by atoms with Crippen LogP contribution in [0.3, 0.4) is 0 Å². The van der Waals surface area contributed by atoms with Crippen molar-refractivity contribution in [2.75, 3.05) is 25.1 Å². The Hall–Kier alpha value is -1.22. The van der Waals surface area contributed by atoms with Crippen LogP contribution in [-0.4, -0.2) is 20.2 Å². The lowest BCUT2D eigenvalue weighted by Gasteiger charge is -2.29. The van der Waals surface area contributed by atoms with Crippen molar-refractivity contribution in [1.82, 2.24) is 0 Å². The van der Waals surface area contributed by atoms with E-state index in [1.54, 1.807) is 0 Å². The summed E-state index contributed by atoms with van der Waals surface area (Å²) in [6, 6.07) is 6.16. The van der Waals surface area contributed by atoms with Gasteiger partial charge in [-0.05, 0) is 13.0 Å². The summed E-state index contributed by atoms with van der Waals surface area (Å²) in [7, 11) is 2.08. The summed E-state index contributed by atoms with van der Waals surface area (Å²) < 4.78 is 5.66. The lowest BCUT2D eigenvalue weighted by molar-refractivity contribution is 0.306. The van der Waals surface area contributed by atoms with E-state index in [0.717, 1.165) is 30.2 Å². The number of rotatable bonds is 1. The Bertz CT molecular complexity index is 322. The van der Waals surface area contributed by atoms with Gasteiger partial charge < -0.3 is 15.4 Å². The summed E-state index contributed by atoms with van der Waals surface area (Å²) in [6.45, 7) is 3.66. The average molecular weight is 192 g/mol.